The van der Waals surface area contributed by atoms with Gasteiger partial charge in [0.05, 0.1) is 6.61 Å². The topological polar surface area (TPSA) is 95.2 Å². The molecule has 0 bridgehead atoms. The summed E-state index contributed by atoms with van der Waals surface area (Å²) in [5.74, 6) is 0. The van der Waals surface area contributed by atoms with E-state index in [1.165, 1.54) is 12.5 Å². The third kappa shape index (κ3) is 3.45. The third-order valence-electron chi connectivity index (χ3n) is 1.39. The Morgan fingerprint density at radius 2 is 2.31 bits per heavy atom. The van der Waals surface area contributed by atoms with Gasteiger partial charge in [-0.3, -0.25) is 4.18 Å². The molecule has 0 spiro atoms. The van der Waals surface area contributed by atoms with Crippen molar-refractivity contribution in [3.8, 4) is 0 Å². The molecular formula is C6H9N3O3S. The van der Waals surface area contributed by atoms with E-state index in [0.717, 1.165) is 0 Å². The van der Waals surface area contributed by atoms with Crippen LogP contribution in [0.15, 0.2) is 12.5 Å². The van der Waals surface area contributed by atoms with Gasteiger partial charge in [-0.1, -0.05) is 0 Å². The van der Waals surface area contributed by atoms with Crippen LogP contribution in [0.2, 0.25) is 0 Å². The summed E-state index contributed by atoms with van der Waals surface area (Å²) in [5.41, 5.74) is 1.26. The summed E-state index contributed by atoms with van der Waals surface area (Å²) < 4.78 is 25.2. The number of nitrogens with two attached hydrogens (primary N) is 1. The van der Waals surface area contributed by atoms with Crippen molar-refractivity contribution in [1.82, 2.24) is 9.97 Å². The van der Waals surface area contributed by atoms with E-state index < -0.39 is 10.3 Å². The zero-order chi connectivity index (χ0) is 9.90. The molecule has 7 heteroatoms. The van der Waals surface area contributed by atoms with E-state index in [-0.39, 0.29) is 6.61 Å². The van der Waals surface area contributed by atoms with Crippen LogP contribution >= 0.6 is 0 Å². The molecule has 2 N–H and O–H groups in total. The molecule has 1 aromatic heterocycles. The van der Waals surface area contributed by atoms with E-state index in [4.69, 9.17) is 0 Å². The van der Waals surface area contributed by atoms with Gasteiger partial charge in [0.2, 0.25) is 0 Å². The van der Waals surface area contributed by atoms with Crippen molar-refractivity contribution >= 4 is 10.3 Å². The van der Waals surface area contributed by atoms with Gasteiger partial charge < -0.3 is 0 Å². The van der Waals surface area contributed by atoms with Crippen molar-refractivity contribution < 1.29 is 12.6 Å². The summed E-state index contributed by atoms with van der Waals surface area (Å²) in [7, 11) is -3.89. The minimum absolute atomic E-state index is 0.133. The maximum absolute atomic E-state index is 10.4. The summed E-state index contributed by atoms with van der Waals surface area (Å²) in [6.07, 6.45) is 2.85. The molecule has 0 fully saturated rings. The second-order valence-corrected chi connectivity index (χ2v) is 3.61. The molecule has 0 atom stereocenters. The second-order valence-electron chi connectivity index (χ2n) is 2.39. The average molecular weight is 203 g/mol. The largest absolute Gasteiger partial charge is 0.333 e. The smallest absolute Gasteiger partial charge is 0.253 e. The van der Waals surface area contributed by atoms with Crippen molar-refractivity contribution in [2.75, 3.05) is 0 Å². The van der Waals surface area contributed by atoms with Gasteiger partial charge in [-0.25, -0.2) is 15.1 Å². The first-order valence-electron chi connectivity index (χ1n) is 3.41. The summed E-state index contributed by atoms with van der Waals surface area (Å²) in [5, 5.41) is 4.64. The Bertz CT molecular complexity index is 390. The first-order valence-corrected chi connectivity index (χ1v) is 4.89. The van der Waals surface area contributed by atoms with Crippen LogP contribution < -0.4 is 5.14 Å². The lowest BCUT2D eigenvalue weighted by Crippen LogP contribution is -2.16. The standard InChI is InChI=1S/C6H9N3O3S/c1-5-6(2-8-4-9-5)3-12-13(7,10)11/h2,4H,3H2,1H3,(H2,7,10,11). The first kappa shape index (κ1) is 10.0. The van der Waals surface area contributed by atoms with Gasteiger partial charge in [-0.15, -0.1) is 0 Å². The molecule has 0 aliphatic heterocycles. The minimum Gasteiger partial charge on any atom is -0.253 e. The summed E-state index contributed by atoms with van der Waals surface area (Å²) in [4.78, 5) is 7.57. The molecular weight excluding hydrogens is 194 g/mol. The zero-order valence-corrected chi connectivity index (χ0v) is 7.78. The number of rotatable bonds is 3. The molecule has 1 rings (SSSR count). The Hall–Kier alpha value is -1.05. The van der Waals surface area contributed by atoms with Crippen LogP contribution in [0.4, 0.5) is 0 Å². The second kappa shape index (κ2) is 3.77. The van der Waals surface area contributed by atoms with E-state index in [1.54, 1.807) is 6.92 Å². The third-order valence-corrected chi connectivity index (χ3v) is 1.84. The Morgan fingerprint density at radius 3 is 2.85 bits per heavy atom. The van der Waals surface area contributed by atoms with Gasteiger partial charge in [0.25, 0.3) is 0 Å². The normalized spacial score (nSPS) is 11.5. The molecule has 0 amide bonds. The fourth-order valence-electron chi connectivity index (χ4n) is 0.707. The van der Waals surface area contributed by atoms with Crippen LogP contribution in [-0.2, 0) is 21.1 Å². The molecule has 72 valence electrons. The maximum atomic E-state index is 10.4. The molecule has 0 unspecified atom stereocenters. The predicted octanol–water partition coefficient (Wildman–Crippen LogP) is -0.495. The van der Waals surface area contributed by atoms with Gasteiger partial charge in [0.1, 0.15) is 6.33 Å². The molecule has 13 heavy (non-hydrogen) atoms. The summed E-state index contributed by atoms with van der Waals surface area (Å²) in [6, 6.07) is 0. The minimum atomic E-state index is -3.89. The van der Waals surface area contributed by atoms with Crippen molar-refractivity contribution in [3.63, 3.8) is 0 Å². The van der Waals surface area contributed by atoms with Crippen LogP contribution in [0.3, 0.4) is 0 Å². The quantitative estimate of drug-likeness (QED) is 0.714. The van der Waals surface area contributed by atoms with Crippen LogP contribution in [0.25, 0.3) is 0 Å². The van der Waals surface area contributed by atoms with Crippen LogP contribution in [0, 0.1) is 6.92 Å². The lowest BCUT2D eigenvalue weighted by Gasteiger charge is -2.02. The van der Waals surface area contributed by atoms with E-state index >= 15 is 0 Å². The predicted molar refractivity (Wildman–Crippen MR) is 44.7 cm³/mol. The molecule has 0 aliphatic rings. The molecule has 6 nitrogen and oxygen atoms in total. The van der Waals surface area contributed by atoms with Crippen molar-refractivity contribution in [1.29, 1.82) is 0 Å². The number of nitrogens with zero attached hydrogens (tertiary/aromatic N) is 2. The first-order chi connectivity index (χ1) is 5.99. The highest BCUT2D eigenvalue weighted by molar-refractivity contribution is 7.84. The van der Waals surface area contributed by atoms with Gasteiger partial charge in [-0.2, -0.15) is 8.42 Å². The van der Waals surface area contributed by atoms with Gasteiger partial charge in [0.15, 0.2) is 0 Å². The molecule has 0 aliphatic carbocycles. The highest BCUT2D eigenvalue weighted by atomic mass is 32.2. The maximum Gasteiger partial charge on any atom is 0.333 e. The summed E-state index contributed by atoms with van der Waals surface area (Å²) >= 11 is 0. The molecule has 0 saturated carbocycles. The fourth-order valence-corrected chi connectivity index (χ4v) is 0.998. The van der Waals surface area contributed by atoms with Gasteiger partial charge in [0, 0.05) is 17.5 Å². The van der Waals surface area contributed by atoms with Crippen LogP contribution in [0.5, 0.6) is 0 Å². The number of aromatic nitrogens is 2. The lowest BCUT2D eigenvalue weighted by atomic mass is 10.3. The number of hydrogen-bond acceptors (Lipinski definition) is 5. The number of hydrogen-bond donors (Lipinski definition) is 1. The Labute approximate surface area is 76.0 Å². The Morgan fingerprint density at radius 1 is 1.62 bits per heavy atom. The van der Waals surface area contributed by atoms with E-state index in [2.05, 4.69) is 19.3 Å². The van der Waals surface area contributed by atoms with Gasteiger partial charge in [-0.05, 0) is 6.92 Å². The van der Waals surface area contributed by atoms with Crippen molar-refractivity contribution in [2.45, 2.75) is 13.5 Å². The molecule has 1 heterocycles. The molecule has 0 aromatic carbocycles. The van der Waals surface area contributed by atoms with Gasteiger partial charge >= 0.3 is 10.3 Å². The van der Waals surface area contributed by atoms with Crippen molar-refractivity contribution in [3.05, 3.63) is 23.8 Å². The monoisotopic (exact) mass is 203 g/mol. The molecule has 0 radical (unpaired) electrons. The average Bonchev–Trinajstić information content (AvgIpc) is 2.01. The fraction of sp³-hybridized carbons (Fsp3) is 0.333. The van der Waals surface area contributed by atoms with E-state index in [9.17, 15) is 8.42 Å². The lowest BCUT2D eigenvalue weighted by molar-refractivity contribution is 0.307. The van der Waals surface area contributed by atoms with E-state index in [0.29, 0.717) is 11.3 Å². The Kier molecular flexibility index (Phi) is 2.91. The molecule has 1 aromatic rings. The highest BCUT2D eigenvalue weighted by Crippen LogP contribution is 2.04. The SMILES string of the molecule is Cc1ncncc1COS(N)(=O)=O. The van der Waals surface area contributed by atoms with Crippen LogP contribution in [-0.4, -0.2) is 18.4 Å². The van der Waals surface area contributed by atoms with Crippen LogP contribution in [0.1, 0.15) is 11.3 Å². The van der Waals surface area contributed by atoms with E-state index in [1.807, 2.05) is 0 Å². The highest BCUT2D eigenvalue weighted by Gasteiger charge is 2.05. The summed E-state index contributed by atoms with van der Waals surface area (Å²) in [6.45, 7) is 1.59. The number of aryl methyl sites for hydroxylation is 1. The zero-order valence-electron chi connectivity index (χ0n) is 6.97. The van der Waals surface area contributed by atoms with Crippen molar-refractivity contribution in [2.24, 2.45) is 5.14 Å². The Balaban J connectivity index is 2.71. The molecule has 0 saturated heterocycles.